The summed E-state index contributed by atoms with van der Waals surface area (Å²) in [4.78, 5) is 0.467. The van der Waals surface area contributed by atoms with Gasteiger partial charge in [-0.05, 0) is 64.9 Å². The first-order valence-corrected chi connectivity index (χ1v) is 9.13. The third-order valence-electron chi connectivity index (χ3n) is 3.49. The molecule has 1 atom stereocenters. The average molecular weight is 399 g/mol. The molecule has 0 spiro atoms. The Bertz CT molecular complexity index is 726. The molecule has 20 heavy (non-hydrogen) atoms. The van der Waals surface area contributed by atoms with E-state index in [4.69, 9.17) is 0 Å². The van der Waals surface area contributed by atoms with Crippen LogP contribution in [0.1, 0.15) is 18.0 Å². The lowest BCUT2D eigenvalue weighted by atomic mass is 10.0. The maximum atomic E-state index is 12.1. The zero-order chi connectivity index (χ0) is 14.2. The highest BCUT2D eigenvalue weighted by Gasteiger charge is 2.29. The van der Waals surface area contributed by atoms with Crippen LogP contribution >= 0.6 is 22.6 Å². The first kappa shape index (κ1) is 13.9. The van der Waals surface area contributed by atoms with Crippen molar-refractivity contribution in [2.24, 2.45) is 0 Å². The minimum atomic E-state index is -3.12. The van der Waals surface area contributed by atoms with Gasteiger partial charge >= 0.3 is 0 Å². The largest absolute Gasteiger partial charge is 0.378 e. The molecule has 0 bridgehead atoms. The van der Waals surface area contributed by atoms with Gasteiger partial charge in [0.25, 0.3) is 0 Å². The van der Waals surface area contributed by atoms with Crippen LogP contribution in [0.5, 0.6) is 0 Å². The number of benzene rings is 2. The Kier molecular flexibility index (Phi) is 3.72. The lowest BCUT2D eigenvalue weighted by Crippen LogP contribution is -2.24. The molecule has 0 aliphatic carbocycles. The molecule has 2 aromatic carbocycles. The van der Waals surface area contributed by atoms with E-state index in [1.807, 2.05) is 36.4 Å². The van der Waals surface area contributed by atoms with E-state index in [9.17, 15) is 8.42 Å². The molecule has 0 radical (unpaired) electrons. The van der Waals surface area contributed by atoms with E-state index in [2.05, 4.69) is 27.9 Å². The number of rotatable bonds is 2. The summed E-state index contributed by atoms with van der Waals surface area (Å²) in [7, 11) is -3.12. The molecule has 1 aliphatic heterocycles. The fourth-order valence-corrected chi connectivity index (χ4v) is 4.47. The molecule has 0 amide bonds. The summed E-state index contributed by atoms with van der Waals surface area (Å²) in [5.41, 5.74) is 1.89. The molecule has 1 aliphatic rings. The lowest BCUT2D eigenvalue weighted by Gasteiger charge is -2.27. The van der Waals surface area contributed by atoms with Crippen LogP contribution in [0.4, 0.5) is 5.69 Å². The van der Waals surface area contributed by atoms with Crippen LogP contribution in [0.25, 0.3) is 0 Å². The molecule has 0 aromatic heterocycles. The summed E-state index contributed by atoms with van der Waals surface area (Å²) in [6.07, 6.45) is 0.603. The molecule has 3 nitrogen and oxygen atoms in total. The Morgan fingerprint density at radius 2 is 1.75 bits per heavy atom. The second-order valence-corrected chi connectivity index (χ2v) is 8.17. The van der Waals surface area contributed by atoms with Gasteiger partial charge in [0.15, 0.2) is 9.84 Å². The molecule has 0 saturated carbocycles. The molecular weight excluding hydrogens is 385 g/mol. The standard InChI is InChI=1S/C15H14INO2S/c16-11-5-7-12(8-6-11)17-14-9-10-20(18,19)15-4-2-1-3-13(14)15/h1-8,14,17H,9-10H2. The highest BCUT2D eigenvalue weighted by atomic mass is 127. The number of sulfone groups is 1. The Balaban J connectivity index is 1.94. The zero-order valence-corrected chi connectivity index (χ0v) is 13.7. The van der Waals surface area contributed by atoms with Crippen LogP contribution < -0.4 is 5.32 Å². The van der Waals surface area contributed by atoms with Crippen LogP contribution in [0.2, 0.25) is 0 Å². The monoisotopic (exact) mass is 399 g/mol. The summed E-state index contributed by atoms with van der Waals surface area (Å²) < 4.78 is 25.4. The SMILES string of the molecule is O=S1(=O)CCC(Nc2ccc(I)cc2)c2ccccc21. The van der Waals surface area contributed by atoms with Gasteiger partial charge in [-0.1, -0.05) is 18.2 Å². The third kappa shape index (κ3) is 2.69. The van der Waals surface area contributed by atoms with E-state index in [1.54, 1.807) is 12.1 Å². The second kappa shape index (κ2) is 5.37. The Morgan fingerprint density at radius 3 is 2.50 bits per heavy atom. The predicted octanol–water partition coefficient (Wildman–Crippen LogP) is 3.62. The summed E-state index contributed by atoms with van der Waals surface area (Å²) >= 11 is 2.26. The van der Waals surface area contributed by atoms with Crippen molar-refractivity contribution in [3.63, 3.8) is 0 Å². The summed E-state index contributed by atoms with van der Waals surface area (Å²) in [5.74, 6) is 0.200. The Morgan fingerprint density at radius 1 is 1.05 bits per heavy atom. The van der Waals surface area contributed by atoms with Gasteiger partial charge in [0.2, 0.25) is 0 Å². The topological polar surface area (TPSA) is 46.2 Å². The number of anilines is 1. The molecular formula is C15H14INO2S. The first-order valence-electron chi connectivity index (χ1n) is 6.40. The summed E-state index contributed by atoms with van der Waals surface area (Å²) in [6, 6.07) is 15.4. The minimum absolute atomic E-state index is 0.0507. The molecule has 1 unspecified atom stereocenters. The van der Waals surface area contributed by atoms with E-state index >= 15 is 0 Å². The quantitative estimate of drug-likeness (QED) is 0.785. The molecule has 104 valence electrons. The predicted molar refractivity (Wildman–Crippen MR) is 88.6 cm³/mol. The van der Waals surface area contributed by atoms with Crippen molar-refractivity contribution in [2.45, 2.75) is 17.4 Å². The third-order valence-corrected chi connectivity index (χ3v) is 6.02. The molecule has 2 aromatic rings. The number of hydrogen-bond acceptors (Lipinski definition) is 3. The van der Waals surface area contributed by atoms with Crippen LogP contribution in [-0.4, -0.2) is 14.2 Å². The van der Waals surface area contributed by atoms with Crippen molar-refractivity contribution in [3.8, 4) is 0 Å². The van der Waals surface area contributed by atoms with Crippen molar-refractivity contribution >= 4 is 38.1 Å². The fourth-order valence-electron chi connectivity index (χ4n) is 2.49. The molecule has 0 saturated heterocycles. The number of fused-ring (bicyclic) bond motifs is 1. The lowest BCUT2D eigenvalue weighted by molar-refractivity contribution is 0.576. The van der Waals surface area contributed by atoms with E-state index in [0.29, 0.717) is 11.3 Å². The Labute approximate surface area is 132 Å². The van der Waals surface area contributed by atoms with Crippen molar-refractivity contribution in [1.29, 1.82) is 0 Å². The van der Waals surface area contributed by atoms with Gasteiger partial charge in [-0.3, -0.25) is 0 Å². The van der Waals surface area contributed by atoms with Crippen molar-refractivity contribution < 1.29 is 8.42 Å². The normalized spacial score (nSPS) is 20.1. The van der Waals surface area contributed by atoms with E-state index < -0.39 is 9.84 Å². The van der Waals surface area contributed by atoms with E-state index in [1.165, 1.54) is 3.57 Å². The molecule has 0 fully saturated rings. The zero-order valence-electron chi connectivity index (χ0n) is 10.7. The van der Waals surface area contributed by atoms with Gasteiger partial charge in [0.05, 0.1) is 16.7 Å². The van der Waals surface area contributed by atoms with Crippen molar-refractivity contribution in [3.05, 3.63) is 57.7 Å². The van der Waals surface area contributed by atoms with E-state index in [0.717, 1.165) is 11.3 Å². The fraction of sp³-hybridized carbons (Fsp3) is 0.200. The van der Waals surface area contributed by atoms with Gasteiger partial charge in [-0.15, -0.1) is 0 Å². The molecule has 3 rings (SSSR count). The Hall–Kier alpha value is -1.08. The van der Waals surface area contributed by atoms with E-state index in [-0.39, 0.29) is 11.8 Å². The molecule has 5 heteroatoms. The first-order chi connectivity index (χ1) is 9.56. The van der Waals surface area contributed by atoms with Crippen LogP contribution in [-0.2, 0) is 9.84 Å². The van der Waals surface area contributed by atoms with Gasteiger partial charge in [-0.2, -0.15) is 0 Å². The second-order valence-electron chi connectivity index (χ2n) is 4.85. The number of halogens is 1. The maximum absolute atomic E-state index is 12.1. The number of nitrogens with one attached hydrogen (secondary N) is 1. The summed E-state index contributed by atoms with van der Waals surface area (Å²) in [5, 5.41) is 3.43. The van der Waals surface area contributed by atoms with Crippen molar-refractivity contribution in [2.75, 3.05) is 11.1 Å². The van der Waals surface area contributed by atoms with Crippen LogP contribution in [0.3, 0.4) is 0 Å². The van der Waals surface area contributed by atoms with Gasteiger partial charge < -0.3 is 5.32 Å². The molecule has 1 heterocycles. The van der Waals surface area contributed by atoms with Crippen molar-refractivity contribution in [1.82, 2.24) is 0 Å². The van der Waals surface area contributed by atoms with Gasteiger partial charge in [-0.25, -0.2) is 8.42 Å². The minimum Gasteiger partial charge on any atom is -0.378 e. The van der Waals surface area contributed by atoms with Gasteiger partial charge in [0.1, 0.15) is 0 Å². The average Bonchev–Trinajstić information content (AvgIpc) is 2.45. The van der Waals surface area contributed by atoms with Crippen LogP contribution in [0.15, 0.2) is 53.4 Å². The summed E-state index contributed by atoms with van der Waals surface area (Å²) in [6.45, 7) is 0. The van der Waals surface area contributed by atoms with Crippen LogP contribution in [0, 0.1) is 3.57 Å². The number of hydrogen-bond donors (Lipinski definition) is 1. The smallest absolute Gasteiger partial charge is 0.178 e. The highest BCUT2D eigenvalue weighted by molar-refractivity contribution is 14.1. The van der Waals surface area contributed by atoms with Gasteiger partial charge in [0, 0.05) is 9.26 Å². The maximum Gasteiger partial charge on any atom is 0.178 e. The molecule has 1 N–H and O–H groups in total. The highest BCUT2D eigenvalue weighted by Crippen LogP contribution is 2.34.